The van der Waals surface area contributed by atoms with Gasteiger partial charge in [-0.2, -0.15) is 0 Å². The second-order valence-corrected chi connectivity index (χ2v) is 5.91. The Balaban J connectivity index is 2.95. The highest BCUT2D eigenvalue weighted by atomic mass is 16.6. The van der Waals surface area contributed by atoms with Crippen LogP contribution in [0.25, 0.3) is 0 Å². The standard InChI is InChI=1S/C16H23NO3/c1-11-7-6-8-12(2)14(11)13(9-10-18)17-15(19)20-16(3,4)5/h6-8,10,13H,9H2,1-5H3,(H,17,19)/t13-/m0/s1. The summed E-state index contributed by atoms with van der Waals surface area (Å²) in [5, 5.41) is 2.78. The summed E-state index contributed by atoms with van der Waals surface area (Å²) < 4.78 is 5.25. The molecular formula is C16H23NO3. The normalized spacial score (nSPS) is 12.7. The zero-order valence-corrected chi connectivity index (χ0v) is 12.8. The van der Waals surface area contributed by atoms with Crippen molar-refractivity contribution < 1.29 is 14.3 Å². The molecule has 0 aliphatic rings. The molecule has 1 N–H and O–H groups in total. The minimum absolute atomic E-state index is 0.227. The lowest BCUT2D eigenvalue weighted by molar-refractivity contribution is -0.108. The SMILES string of the molecule is Cc1cccc(C)c1[C@H](CC=O)NC(=O)OC(C)(C)C. The van der Waals surface area contributed by atoms with Crippen LogP contribution < -0.4 is 5.32 Å². The maximum atomic E-state index is 11.9. The first-order valence-electron chi connectivity index (χ1n) is 6.74. The van der Waals surface area contributed by atoms with Gasteiger partial charge >= 0.3 is 6.09 Å². The number of benzene rings is 1. The van der Waals surface area contributed by atoms with E-state index in [0.29, 0.717) is 0 Å². The molecule has 110 valence electrons. The zero-order valence-electron chi connectivity index (χ0n) is 12.8. The molecule has 0 radical (unpaired) electrons. The molecule has 20 heavy (non-hydrogen) atoms. The predicted molar refractivity (Wildman–Crippen MR) is 78.7 cm³/mol. The number of hydrogen-bond acceptors (Lipinski definition) is 3. The largest absolute Gasteiger partial charge is 0.444 e. The van der Waals surface area contributed by atoms with Crippen LogP contribution in [-0.2, 0) is 9.53 Å². The Bertz CT molecular complexity index is 469. The number of alkyl carbamates (subject to hydrolysis) is 1. The lowest BCUT2D eigenvalue weighted by Gasteiger charge is -2.24. The summed E-state index contributed by atoms with van der Waals surface area (Å²) in [6.45, 7) is 9.36. The molecule has 0 fully saturated rings. The first-order chi connectivity index (χ1) is 9.24. The smallest absolute Gasteiger partial charge is 0.408 e. The highest BCUT2D eigenvalue weighted by Crippen LogP contribution is 2.24. The van der Waals surface area contributed by atoms with Gasteiger partial charge in [0.05, 0.1) is 6.04 Å². The molecule has 4 nitrogen and oxygen atoms in total. The van der Waals surface area contributed by atoms with E-state index in [0.717, 1.165) is 23.0 Å². The van der Waals surface area contributed by atoms with E-state index in [1.165, 1.54) is 0 Å². The first kappa shape index (κ1) is 16.2. The van der Waals surface area contributed by atoms with Gasteiger partial charge in [-0.3, -0.25) is 0 Å². The van der Waals surface area contributed by atoms with Crippen molar-refractivity contribution in [1.82, 2.24) is 5.32 Å². The van der Waals surface area contributed by atoms with E-state index < -0.39 is 11.7 Å². The van der Waals surface area contributed by atoms with Crippen LogP contribution in [0.2, 0.25) is 0 Å². The molecule has 0 spiro atoms. The zero-order chi connectivity index (χ0) is 15.3. The molecule has 0 saturated carbocycles. The van der Waals surface area contributed by atoms with Crippen LogP contribution in [0.15, 0.2) is 18.2 Å². The van der Waals surface area contributed by atoms with Crippen molar-refractivity contribution in [1.29, 1.82) is 0 Å². The summed E-state index contributed by atoms with van der Waals surface area (Å²) in [6, 6.07) is 5.54. The number of hydrogen-bond donors (Lipinski definition) is 1. The van der Waals surface area contributed by atoms with Crippen molar-refractivity contribution in [2.45, 2.75) is 52.7 Å². The summed E-state index contributed by atoms with van der Waals surface area (Å²) >= 11 is 0. The molecule has 4 heteroatoms. The van der Waals surface area contributed by atoms with Gasteiger partial charge in [0.15, 0.2) is 0 Å². The van der Waals surface area contributed by atoms with Crippen molar-refractivity contribution in [3.05, 3.63) is 34.9 Å². The monoisotopic (exact) mass is 277 g/mol. The molecule has 1 rings (SSSR count). The number of aryl methyl sites for hydroxylation is 2. The van der Waals surface area contributed by atoms with Gasteiger partial charge in [0, 0.05) is 6.42 Å². The quantitative estimate of drug-likeness (QED) is 0.857. The van der Waals surface area contributed by atoms with E-state index in [4.69, 9.17) is 4.74 Å². The van der Waals surface area contributed by atoms with Gasteiger partial charge in [0.2, 0.25) is 0 Å². The van der Waals surface area contributed by atoms with Gasteiger partial charge in [-0.25, -0.2) is 4.79 Å². The van der Waals surface area contributed by atoms with Crippen molar-refractivity contribution in [2.75, 3.05) is 0 Å². The number of nitrogens with one attached hydrogen (secondary N) is 1. The maximum Gasteiger partial charge on any atom is 0.408 e. The summed E-state index contributed by atoms with van der Waals surface area (Å²) in [4.78, 5) is 22.8. The van der Waals surface area contributed by atoms with Crippen LogP contribution >= 0.6 is 0 Å². The first-order valence-corrected chi connectivity index (χ1v) is 6.74. The Labute approximate surface area is 120 Å². The third-order valence-corrected chi connectivity index (χ3v) is 2.91. The highest BCUT2D eigenvalue weighted by molar-refractivity contribution is 5.69. The van der Waals surface area contributed by atoms with Crippen LogP contribution in [-0.4, -0.2) is 18.0 Å². The van der Waals surface area contributed by atoms with E-state index in [-0.39, 0.29) is 12.5 Å². The maximum absolute atomic E-state index is 11.9. The molecule has 1 aromatic carbocycles. The number of carbonyl (C=O) groups excluding carboxylic acids is 2. The van der Waals surface area contributed by atoms with Crippen molar-refractivity contribution in [3.8, 4) is 0 Å². The van der Waals surface area contributed by atoms with Gasteiger partial charge in [-0.1, -0.05) is 18.2 Å². The highest BCUT2D eigenvalue weighted by Gasteiger charge is 2.22. The number of rotatable bonds is 4. The van der Waals surface area contributed by atoms with E-state index in [1.807, 2.05) is 32.0 Å². The molecule has 0 aliphatic heterocycles. The Morgan fingerprint density at radius 1 is 1.30 bits per heavy atom. The minimum Gasteiger partial charge on any atom is -0.444 e. The van der Waals surface area contributed by atoms with Crippen LogP contribution in [0.5, 0.6) is 0 Å². The second-order valence-electron chi connectivity index (χ2n) is 5.91. The molecule has 0 heterocycles. The lowest BCUT2D eigenvalue weighted by atomic mass is 9.94. The van der Waals surface area contributed by atoms with E-state index in [1.54, 1.807) is 20.8 Å². The Morgan fingerprint density at radius 3 is 2.30 bits per heavy atom. The molecular weight excluding hydrogens is 254 g/mol. The van der Waals surface area contributed by atoms with Crippen molar-refractivity contribution in [3.63, 3.8) is 0 Å². The number of carbonyl (C=O) groups is 2. The Hall–Kier alpha value is -1.84. The molecule has 0 unspecified atom stereocenters. The summed E-state index contributed by atoms with van der Waals surface area (Å²) in [5.41, 5.74) is 2.52. The van der Waals surface area contributed by atoms with Gasteiger partial charge in [0.1, 0.15) is 11.9 Å². The molecule has 1 atom stereocenters. The predicted octanol–water partition coefficient (Wildman–Crippen LogP) is 3.46. The Morgan fingerprint density at radius 2 is 1.85 bits per heavy atom. The van der Waals surface area contributed by atoms with Gasteiger partial charge in [-0.15, -0.1) is 0 Å². The van der Waals surface area contributed by atoms with Crippen molar-refractivity contribution in [2.24, 2.45) is 0 Å². The van der Waals surface area contributed by atoms with Gasteiger partial charge < -0.3 is 14.8 Å². The molecule has 1 amide bonds. The van der Waals surface area contributed by atoms with Gasteiger partial charge in [0.25, 0.3) is 0 Å². The van der Waals surface area contributed by atoms with E-state index >= 15 is 0 Å². The van der Waals surface area contributed by atoms with Gasteiger partial charge in [-0.05, 0) is 51.3 Å². The summed E-state index contributed by atoms with van der Waals surface area (Å²) in [7, 11) is 0. The molecule has 1 aromatic rings. The second kappa shape index (κ2) is 6.55. The lowest BCUT2D eigenvalue weighted by Crippen LogP contribution is -2.35. The molecule has 0 saturated heterocycles. The number of ether oxygens (including phenoxy) is 1. The van der Waals surface area contributed by atoms with E-state index in [9.17, 15) is 9.59 Å². The van der Waals surface area contributed by atoms with Crippen molar-refractivity contribution >= 4 is 12.4 Å². The third kappa shape index (κ3) is 4.68. The minimum atomic E-state index is -0.559. The third-order valence-electron chi connectivity index (χ3n) is 2.91. The molecule has 0 bridgehead atoms. The molecule has 0 aliphatic carbocycles. The van der Waals surface area contributed by atoms with Crippen LogP contribution in [0.1, 0.15) is 49.9 Å². The van der Waals surface area contributed by atoms with E-state index in [2.05, 4.69) is 5.32 Å². The summed E-state index contributed by atoms with van der Waals surface area (Å²) in [6.07, 6.45) is 0.533. The fourth-order valence-corrected chi connectivity index (χ4v) is 2.17. The Kier molecular flexibility index (Phi) is 5.31. The molecule has 0 aromatic heterocycles. The average molecular weight is 277 g/mol. The fraction of sp³-hybridized carbons (Fsp3) is 0.500. The van der Waals surface area contributed by atoms with Crippen LogP contribution in [0.3, 0.4) is 0 Å². The fourth-order valence-electron chi connectivity index (χ4n) is 2.17. The van der Waals surface area contributed by atoms with Crippen LogP contribution in [0, 0.1) is 13.8 Å². The topological polar surface area (TPSA) is 55.4 Å². The number of aldehydes is 1. The summed E-state index contributed by atoms with van der Waals surface area (Å²) in [5.74, 6) is 0. The van der Waals surface area contributed by atoms with Crippen LogP contribution in [0.4, 0.5) is 4.79 Å². The average Bonchev–Trinajstić information content (AvgIpc) is 2.26. The number of amides is 1.